The number of carbonyl (C=O) groups excluding carboxylic acids is 2. The SMILES string of the molecule is CC1[C@H](NC(=O)OC(C)(C)C)C(=O)N1S(=O)(=O)O. The van der Waals surface area contributed by atoms with Gasteiger partial charge in [-0.25, -0.2) is 9.10 Å². The van der Waals surface area contributed by atoms with Crippen molar-refractivity contribution in [3.8, 4) is 0 Å². The third-order valence-corrected chi connectivity index (χ3v) is 3.27. The fraction of sp³-hybridized carbons (Fsp3) is 0.778. The monoisotopic (exact) mass is 280 g/mol. The lowest BCUT2D eigenvalue weighted by atomic mass is 10.0. The van der Waals surface area contributed by atoms with Gasteiger partial charge < -0.3 is 10.1 Å². The average molecular weight is 280 g/mol. The fourth-order valence-electron chi connectivity index (χ4n) is 1.54. The minimum atomic E-state index is -4.58. The van der Waals surface area contributed by atoms with Crippen molar-refractivity contribution in [1.82, 2.24) is 9.62 Å². The number of alkyl carbamates (subject to hydrolysis) is 1. The third-order valence-electron chi connectivity index (χ3n) is 2.26. The number of hydrogen-bond donors (Lipinski definition) is 2. The van der Waals surface area contributed by atoms with Crippen LogP contribution >= 0.6 is 0 Å². The molecule has 8 nitrogen and oxygen atoms in total. The predicted octanol–water partition coefficient (Wildman–Crippen LogP) is -0.0868. The van der Waals surface area contributed by atoms with Gasteiger partial charge in [0.1, 0.15) is 11.6 Å². The van der Waals surface area contributed by atoms with Crippen LogP contribution in [0.1, 0.15) is 27.7 Å². The van der Waals surface area contributed by atoms with E-state index in [-0.39, 0.29) is 0 Å². The van der Waals surface area contributed by atoms with E-state index in [4.69, 9.17) is 9.29 Å². The molecule has 1 heterocycles. The number of nitrogens with one attached hydrogen (secondary N) is 1. The molecule has 2 N–H and O–H groups in total. The van der Waals surface area contributed by atoms with Crippen molar-refractivity contribution in [2.24, 2.45) is 0 Å². The van der Waals surface area contributed by atoms with Crippen molar-refractivity contribution in [3.63, 3.8) is 0 Å². The summed E-state index contributed by atoms with van der Waals surface area (Å²) >= 11 is 0. The summed E-state index contributed by atoms with van der Waals surface area (Å²) in [6.45, 7) is 6.35. The third kappa shape index (κ3) is 3.10. The summed E-state index contributed by atoms with van der Waals surface area (Å²) in [5.41, 5.74) is -0.719. The van der Waals surface area contributed by atoms with Gasteiger partial charge in [0.2, 0.25) is 0 Å². The highest BCUT2D eigenvalue weighted by molar-refractivity contribution is 7.84. The fourth-order valence-corrected chi connectivity index (χ4v) is 2.42. The van der Waals surface area contributed by atoms with Crippen molar-refractivity contribution in [2.75, 3.05) is 0 Å². The van der Waals surface area contributed by atoms with Crippen LogP contribution in [0, 0.1) is 0 Å². The van der Waals surface area contributed by atoms with Gasteiger partial charge in [0.15, 0.2) is 0 Å². The number of carbonyl (C=O) groups is 2. The second-order valence-corrected chi connectivity index (χ2v) is 6.27. The molecule has 9 heteroatoms. The van der Waals surface area contributed by atoms with Crippen LogP contribution in [0.25, 0.3) is 0 Å². The van der Waals surface area contributed by atoms with Gasteiger partial charge in [-0.05, 0) is 27.7 Å². The standard InChI is InChI=1S/C9H16N2O6S/c1-5-6(7(12)11(5)18(14,15)16)10-8(13)17-9(2,3)4/h5-6H,1-4H3,(H,10,13)(H,14,15,16)/t5?,6-/m0/s1. The Kier molecular flexibility index (Phi) is 3.59. The van der Waals surface area contributed by atoms with Crippen molar-refractivity contribution in [2.45, 2.75) is 45.4 Å². The van der Waals surface area contributed by atoms with E-state index in [0.717, 1.165) is 0 Å². The summed E-state index contributed by atoms with van der Waals surface area (Å²) in [5, 5.41) is 2.25. The molecule has 1 saturated heterocycles. The van der Waals surface area contributed by atoms with Gasteiger partial charge in [-0.2, -0.15) is 8.42 Å². The molecule has 104 valence electrons. The number of β-lactam (4-membered cyclic amide) rings is 1. The van der Waals surface area contributed by atoms with Crippen molar-refractivity contribution < 1.29 is 27.3 Å². The molecular weight excluding hydrogens is 264 g/mol. The van der Waals surface area contributed by atoms with Gasteiger partial charge in [0.05, 0.1) is 6.04 Å². The molecule has 0 spiro atoms. The van der Waals surface area contributed by atoms with E-state index >= 15 is 0 Å². The summed E-state index contributed by atoms with van der Waals surface area (Å²) in [5.74, 6) is -0.893. The van der Waals surface area contributed by atoms with Crippen LogP contribution in [0.15, 0.2) is 0 Å². The highest BCUT2D eigenvalue weighted by Crippen LogP contribution is 2.23. The molecule has 0 radical (unpaired) electrons. The van der Waals surface area contributed by atoms with Gasteiger partial charge in [-0.1, -0.05) is 0 Å². The first-order chi connectivity index (χ1) is 7.93. The first kappa shape index (κ1) is 14.7. The minimum Gasteiger partial charge on any atom is -0.444 e. The lowest BCUT2D eigenvalue weighted by Crippen LogP contribution is -2.70. The van der Waals surface area contributed by atoms with Gasteiger partial charge in [-0.3, -0.25) is 9.35 Å². The molecule has 1 unspecified atom stereocenters. The van der Waals surface area contributed by atoms with Gasteiger partial charge >= 0.3 is 16.4 Å². The van der Waals surface area contributed by atoms with E-state index in [1.807, 2.05) is 0 Å². The van der Waals surface area contributed by atoms with E-state index in [1.54, 1.807) is 20.8 Å². The molecule has 0 saturated carbocycles. The summed E-state index contributed by atoms with van der Waals surface area (Å²) in [6.07, 6.45) is -0.817. The quantitative estimate of drug-likeness (QED) is 0.540. The molecular formula is C9H16N2O6S. The number of ether oxygens (including phenoxy) is 1. The Morgan fingerprint density at radius 2 is 1.94 bits per heavy atom. The maximum absolute atomic E-state index is 11.4. The molecule has 18 heavy (non-hydrogen) atoms. The Labute approximate surface area is 105 Å². The van der Waals surface area contributed by atoms with E-state index in [0.29, 0.717) is 4.31 Å². The molecule has 1 aliphatic rings. The molecule has 2 atom stereocenters. The van der Waals surface area contributed by atoms with Crippen LogP contribution in [-0.4, -0.2) is 47.0 Å². The zero-order valence-corrected chi connectivity index (χ0v) is 11.3. The molecule has 0 aromatic carbocycles. The molecule has 0 aromatic heterocycles. The van der Waals surface area contributed by atoms with E-state index in [2.05, 4.69) is 5.32 Å². The number of amides is 2. The van der Waals surface area contributed by atoms with E-state index < -0.39 is 40.0 Å². The molecule has 2 amide bonds. The van der Waals surface area contributed by atoms with Crippen molar-refractivity contribution in [1.29, 1.82) is 0 Å². The lowest BCUT2D eigenvalue weighted by molar-refractivity contribution is -0.141. The molecule has 1 rings (SSSR count). The van der Waals surface area contributed by atoms with Crippen LogP contribution < -0.4 is 5.32 Å². The first-order valence-corrected chi connectivity index (χ1v) is 6.63. The van der Waals surface area contributed by atoms with Crippen molar-refractivity contribution in [3.05, 3.63) is 0 Å². The maximum atomic E-state index is 11.4. The van der Waals surface area contributed by atoms with Crippen molar-refractivity contribution >= 4 is 22.3 Å². The summed E-state index contributed by atoms with van der Waals surface area (Å²) < 4.78 is 35.6. The molecule has 0 bridgehead atoms. The summed E-state index contributed by atoms with van der Waals surface area (Å²) in [6, 6.07) is -1.86. The molecule has 1 fully saturated rings. The highest BCUT2D eigenvalue weighted by Gasteiger charge is 2.51. The molecule has 0 aliphatic carbocycles. The number of nitrogens with zero attached hydrogens (tertiary/aromatic N) is 1. The Bertz CT molecular complexity index is 466. The van der Waals surface area contributed by atoms with Gasteiger partial charge in [0.25, 0.3) is 5.91 Å². The highest BCUT2D eigenvalue weighted by atomic mass is 32.2. The summed E-state index contributed by atoms with van der Waals surface area (Å²) in [7, 11) is -4.58. The first-order valence-electron chi connectivity index (χ1n) is 5.23. The zero-order valence-electron chi connectivity index (χ0n) is 10.5. The number of rotatable bonds is 2. The normalized spacial score (nSPS) is 24.5. The lowest BCUT2D eigenvalue weighted by Gasteiger charge is -2.42. The van der Waals surface area contributed by atoms with Crippen LogP contribution in [-0.2, 0) is 19.8 Å². The maximum Gasteiger partial charge on any atom is 0.408 e. The van der Waals surface area contributed by atoms with Gasteiger partial charge in [-0.15, -0.1) is 0 Å². The van der Waals surface area contributed by atoms with Crippen LogP contribution in [0.3, 0.4) is 0 Å². The van der Waals surface area contributed by atoms with Crippen LogP contribution in [0.5, 0.6) is 0 Å². The zero-order chi connectivity index (χ0) is 14.3. The predicted molar refractivity (Wildman–Crippen MR) is 61.0 cm³/mol. The molecule has 0 aromatic rings. The second-order valence-electron chi connectivity index (χ2n) is 4.98. The minimum absolute atomic E-state index is 0.301. The topological polar surface area (TPSA) is 113 Å². The Morgan fingerprint density at radius 3 is 2.28 bits per heavy atom. The largest absolute Gasteiger partial charge is 0.444 e. The Hall–Kier alpha value is -1.35. The van der Waals surface area contributed by atoms with Crippen LogP contribution in [0.4, 0.5) is 4.79 Å². The molecule has 1 aliphatic heterocycles. The second kappa shape index (κ2) is 4.39. The number of hydrogen-bond acceptors (Lipinski definition) is 5. The smallest absolute Gasteiger partial charge is 0.408 e. The van der Waals surface area contributed by atoms with E-state index in [1.165, 1.54) is 6.92 Å². The van der Waals surface area contributed by atoms with E-state index in [9.17, 15) is 18.0 Å². The Balaban J connectivity index is 2.63. The van der Waals surface area contributed by atoms with Gasteiger partial charge in [0, 0.05) is 0 Å². The summed E-state index contributed by atoms with van der Waals surface area (Å²) in [4.78, 5) is 22.8. The average Bonchev–Trinajstić information content (AvgIpc) is 2.09. The van der Waals surface area contributed by atoms with Crippen LogP contribution in [0.2, 0.25) is 0 Å². The Morgan fingerprint density at radius 1 is 1.44 bits per heavy atom.